The molecule has 0 aromatic heterocycles. The normalized spacial score (nSPS) is 29.6. The molecule has 1 aliphatic heterocycles. The van der Waals surface area contributed by atoms with Gasteiger partial charge in [-0.3, -0.25) is 9.59 Å². The summed E-state index contributed by atoms with van der Waals surface area (Å²) in [7, 11) is 0. The number of aliphatic carboxylic acids is 1. The van der Waals surface area contributed by atoms with E-state index in [0.29, 0.717) is 13.0 Å². The highest BCUT2D eigenvalue weighted by Crippen LogP contribution is 2.35. The van der Waals surface area contributed by atoms with Crippen molar-refractivity contribution in [1.29, 1.82) is 0 Å². The van der Waals surface area contributed by atoms with Crippen LogP contribution >= 0.6 is 0 Å². The van der Waals surface area contributed by atoms with Crippen LogP contribution in [0.2, 0.25) is 0 Å². The number of nitrogens with one attached hydrogen (secondary N) is 1. The minimum atomic E-state index is -0.873. The van der Waals surface area contributed by atoms with Crippen LogP contribution in [0, 0.1) is 0 Å². The summed E-state index contributed by atoms with van der Waals surface area (Å²) in [5.41, 5.74) is 4.94. The number of carboxylic acids is 1. The first-order chi connectivity index (χ1) is 8.54. The van der Waals surface area contributed by atoms with Gasteiger partial charge in [-0.15, -0.1) is 0 Å². The zero-order valence-corrected chi connectivity index (χ0v) is 10.4. The number of hydrogen-bond acceptors (Lipinski definition) is 4. The smallest absolute Gasteiger partial charge is 0.305 e. The predicted octanol–water partition coefficient (Wildman–Crippen LogP) is 0.00630. The zero-order valence-electron chi connectivity index (χ0n) is 10.4. The number of hydrogen-bond donors (Lipinski definition) is 3. The summed E-state index contributed by atoms with van der Waals surface area (Å²) in [6, 6.07) is 0. The van der Waals surface area contributed by atoms with Gasteiger partial charge in [-0.25, -0.2) is 0 Å². The molecule has 0 bridgehead atoms. The summed E-state index contributed by atoms with van der Waals surface area (Å²) < 4.78 is 5.51. The fraction of sp³-hybridized carbons (Fsp3) is 0.833. The van der Waals surface area contributed by atoms with Crippen molar-refractivity contribution < 1.29 is 19.4 Å². The second kappa shape index (κ2) is 5.24. The predicted molar refractivity (Wildman–Crippen MR) is 63.9 cm³/mol. The van der Waals surface area contributed by atoms with Crippen molar-refractivity contribution in [3.63, 3.8) is 0 Å². The van der Waals surface area contributed by atoms with Crippen LogP contribution in [0.3, 0.4) is 0 Å². The lowest BCUT2D eigenvalue weighted by atomic mass is 9.74. The maximum atomic E-state index is 12.0. The molecule has 1 saturated heterocycles. The second-order valence-corrected chi connectivity index (χ2v) is 5.25. The molecule has 102 valence electrons. The van der Waals surface area contributed by atoms with Crippen LogP contribution in [0.25, 0.3) is 0 Å². The molecule has 0 radical (unpaired) electrons. The first kappa shape index (κ1) is 13.3. The lowest BCUT2D eigenvalue weighted by Crippen LogP contribution is -2.57. The molecule has 1 heterocycles. The van der Waals surface area contributed by atoms with Crippen molar-refractivity contribution in [1.82, 2.24) is 5.32 Å². The lowest BCUT2D eigenvalue weighted by Gasteiger charge is -2.42. The van der Waals surface area contributed by atoms with E-state index < -0.39 is 17.6 Å². The number of nitrogens with two attached hydrogens (primary N) is 1. The van der Waals surface area contributed by atoms with Gasteiger partial charge in [0.1, 0.15) is 6.10 Å². The van der Waals surface area contributed by atoms with Gasteiger partial charge in [0, 0.05) is 6.54 Å². The molecule has 0 aromatic rings. The van der Waals surface area contributed by atoms with E-state index in [0.717, 1.165) is 25.7 Å². The summed E-state index contributed by atoms with van der Waals surface area (Å²) in [6.45, 7) is 0.421. The Labute approximate surface area is 106 Å². The third-order valence-corrected chi connectivity index (χ3v) is 3.85. The molecule has 0 spiro atoms. The van der Waals surface area contributed by atoms with Crippen molar-refractivity contribution in [3.8, 4) is 0 Å². The highest BCUT2D eigenvalue weighted by Gasteiger charge is 2.42. The van der Waals surface area contributed by atoms with Crippen LogP contribution < -0.4 is 11.1 Å². The first-order valence-electron chi connectivity index (χ1n) is 6.44. The maximum Gasteiger partial charge on any atom is 0.305 e. The fourth-order valence-electron chi connectivity index (χ4n) is 2.65. The molecular weight excluding hydrogens is 236 g/mol. The molecule has 1 saturated carbocycles. The Kier molecular flexibility index (Phi) is 3.87. The van der Waals surface area contributed by atoms with Gasteiger partial charge in [-0.2, -0.15) is 0 Å². The molecule has 4 N–H and O–H groups in total. The van der Waals surface area contributed by atoms with Gasteiger partial charge in [-0.1, -0.05) is 0 Å². The molecule has 0 aromatic carbocycles. The Hall–Kier alpha value is -1.14. The Morgan fingerprint density at radius 1 is 1.39 bits per heavy atom. The van der Waals surface area contributed by atoms with E-state index in [1.54, 1.807) is 0 Å². The Bertz CT molecular complexity index is 341. The molecule has 2 aliphatic rings. The maximum absolute atomic E-state index is 12.0. The topological polar surface area (TPSA) is 102 Å². The molecule has 6 nitrogen and oxygen atoms in total. The van der Waals surface area contributed by atoms with Gasteiger partial charge in [-0.05, 0) is 32.1 Å². The molecule has 2 unspecified atom stereocenters. The van der Waals surface area contributed by atoms with Crippen molar-refractivity contribution >= 4 is 11.9 Å². The molecule has 2 rings (SSSR count). The quantitative estimate of drug-likeness (QED) is 0.643. The molecule has 18 heavy (non-hydrogen) atoms. The summed E-state index contributed by atoms with van der Waals surface area (Å²) in [5, 5.41) is 11.7. The van der Waals surface area contributed by atoms with Crippen molar-refractivity contribution in [2.45, 2.75) is 56.3 Å². The van der Waals surface area contributed by atoms with Crippen LogP contribution in [0.15, 0.2) is 0 Å². The molecular formula is C12H20N2O4. The average molecular weight is 256 g/mol. The Morgan fingerprint density at radius 2 is 2.11 bits per heavy atom. The van der Waals surface area contributed by atoms with Crippen molar-refractivity contribution in [2.75, 3.05) is 6.54 Å². The van der Waals surface area contributed by atoms with E-state index in [1.165, 1.54) is 0 Å². The zero-order chi connectivity index (χ0) is 13.2. The van der Waals surface area contributed by atoms with Crippen LogP contribution in [0.5, 0.6) is 0 Å². The lowest BCUT2D eigenvalue weighted by molar-refractivity contribution is -0.142. The van der Waals surface area contributed by atoms with Gasteiger partial charge < -0.3 is 20.9 Å². The number of amides is 1. The SMILES string of the molecule is NCC1CCC(C(=O)NC2(CC(=O)O)CCC2)O1. The number of ether oxygens (including phenoxy) is 1. The van der Waals surface area contributed by atoms with Crippen LogP contribution in [-0.2, 0) is 14.3 Å². The number of carbonyl (C=O) groups is 2. The molecule has 2 fully saturated rings. The van der Waals surface area contributed by atoms with E-state index in [9.17, 15) is 9.59 Å². The molecule has 1 aliphatic carbocycles. The first-order valence-corrected chi connectivity index (χ1v) is 6.44. The minimum absolute atomic E-state index is 0.00816. The van der Waals surface area contributed by atoms with E-state index in [2.05, 4.69) is 5.32 Å². The highest BCUT2D eigenvalue weighted by atomic mass is 16.5. The molecule has 6 heteroatoms. The summed E-state index contributed by atoms with van der Waals surface area (Å²) in [6.07, 6.45) is 3.37. The van der Waals surface area contributed by atoms with E-state index in [-0.39, 0.29) is 18.4 Å². The van der Waals surface area contributed by atoms with Gasteiger partial charge in [0.05, 0.1) is 18.1 Å². The van der Waals surface area contributed by atoms with E-state index in [1.807, 2.05) is 0 Å². The van der Waals surface area contributed by atoms with Crippen LogP contribution in [0.4, 0.5) is 0 Å². The third-order valence-electron chi connectivity index (χ3n) is 3.85. The number of rotatable bonds is 5. The number of carbonyl (C=O) groups excluding carboxylic acids is 1. The largest absolute Gasteiger partial charge is 0.481 e. The highest BCUT2D eigenvalue weighted by molar-refractivity contribution is 5.83. The fourth-order valence-corrected chi connectivity index (χ4v) is 2.65. The van der Waals surface area contributed by atoms with Gasteiger partial charge in [0.15, 0.2) is 0 Å². The summed E-state index contributed by atoms with van der Waals surface area (Å²) >= 11 is 0. The number of carboxylic acid groups (broad SMARTS) is 1. The van der Waals surface area contributed by atoms with Crippen molar-refractivity contribution in [2.24, 2.45) is 5.73 Å². The third kappa shape index (κ3) is 2.81. The van der Waals surface area contributed by atoms with E-state index in [4.69, 9.17) is 15.6 Å². The van der Waals surface area contributed by atoms with Gasteiger partial charge >= 0.3 is 5.97 Å². The minimum Gasteiger partial charge on any atom is -0.481 e. The van der Waals surface area contributed by atoms with Gasteiger partial charge in [0.2, 0.25) is 5.91 Å². The molecule has 1 amide bonds. The Morgan fingerprint density at radius 3 is 2.56 bits per heavy atom. The summed E-state index contributed by atoms with van der Waals surface area (Å²) in [5.74, 6) is -1.06. The average Bonchev–Trinajstić information content (AvgIpc) is 2.73. The van der Waals surface area contributed by atoms with E-state index >= 15 is 0 Å². The standard InChI is InChI=1S/C12H20N2O4/c13-7-8-2-3-9(18-8)11(17)14-12(4-1-5-12)6-10(15)16/h8-9H,1-7,13H2,(H,14,17)(H,15,16). The van der Waals surface area contributed by atoms with Crippen LogP contribution in [0.1, 0.15) is 38.5 Å². The Balaban J connectivity index is 1.88. The summed E-state index contributed by atoms with van der Waals surface area (Å²) in [4.78, 5) is 22.8. The molecule has 2 atom stereocenters. The van der Waals surface area contributed by atoms with Crippen molar-refractivity contribution in [3.05, 3.63) is 0 Å². The second-order valence-electron chi connectivity index (χ2n) is 5.25. The van der Waals surface area contributed by atoms with Gasteiger partial charge in [0.25, 0.3) is 0 Å². The van der Waals surface area contributed by atoms with Crippen LogP contribution in [-0.4, -0.2) is 41.3 Å². The monoisotopic (exact) mass is 256 g/mol.